The number of nitrogens with zero attached hydrogens (tertiary/aromatic N) is 6. The van der Waals surface area contributed by atoms with Gasteiger partial charge in [-0.25, -0.2) is 14.8 Å². The molecule has 0 saturated carbocycles. The largest absolute Gasteiger partial charge is 0.494 e. The number of primary amides is 1. The molecule has 4 aliphatic rings. The molecule has 0 bridgehead atoms. The van der Waals surface area contributed by atoms with Crippen molar-refractivity contribution in [3.8, 4) is 5.75 Å². The first-order chi connectivity index (χ1) is 25.6. The SMILES string of the molecule is CN1CCN([C@@H]2CCCN(c3cnc(C(N)=O)c(Cc4ccc(OCCCNc5ccc6c(c5)C(=O)N(C5CCC(=O)NC5=O)C6=O)cc4)n3)C2)C1=O. The Bertz CT molecular complexity index is 1970. The lowest BCUT2D eigenvalue weighted by molar-refractivity contribution is -0.136. The van der Waals surface area contributed by atoms with Gasteiger partial charge in [0.15, 0.2) is 0 Å². The third-order valence-corrected chi connectivity index (χ3v) is 10.1. The highest BCUT2D eigenvalue weighted by Gasteiger charge is 2.44. The van der Waals surface area contributed by atoms with Crippen molar-refractivity contribution in [2.24, 2.45) is 5.73 Å². The van der Waals surface area contributed by atoms with Gasteiger partial charge in [-0.05, 0) is 61.6 Å². The van der Waals surface area contributed by atoms with Crippen LogP contribution in [-0.4, -0.2) is 119 Å². The number of rotatable bonds is 12. The van der Waals surface area contributed by atoms with Gasteiger partial charge in [-0.3, -0.25) is 34.2 Å². The fourth-order valence-corrected chi connectivity index (χ4v) is 7.30. The van der Waals surface area contributed by atoms with Crippen LogP contribution in [0.2, 0.25) is 0 Å². The van der Waals surface area contributed by atoms with Crippen LogP contribution in [0.1, 0.15) is 74.6 Å². The number of hydrogen-bond donors (Lipinski definition) is 3. The molecule has 7 rings (SSSR count). The maximum atomic E-state index is 13.1. The van der Waals surface area contributed by atoms with E-state index in [1.807, 2.05) is 36.2 Å². The van der Waals surface area contributed by atoms with Crippen LogP contribution in [0.5, 0.6) is 5.75 Å². The average Bonchev–Trinajstić information content (AvgIpc) is 3.61. The molecule has 276 valence electrons. The van der Waals surface area contributed by atoms with Crippen LogP contribution in [0.3, 0.4) is 0 Å². The topological polar surface area (TPSA) is 200 Å². The number of urea groups is 1. The predicted octanol–water partition coefficient (Wildman–Crippen LogP) is 1.78. The first-order valence-corrected chi connectivity index (χ1v) is 17.8. The van der Waals surface area contributed by atoms with Gasteiger partial charge in [-0.2, -0.15) is 0 Å². The van der Waals surface area contributed by atoms with E-state index in [2.05, 4.69) is 20.5 Å². The van der Waals surface area contributed by atoms with Crippen LogP contribution in [-0.2, 0) is 16.0 Å². The Morgan fingerprint density at radius 1 is 1.00 bits per heavy atom. The van der Waals surface area contributed by atoms with Crippen LogP contribution < -0.4 is 26.0 Å². The third-order valence-electron chi connectivity index (χ3n) is 10.1. The molecule has 3 saturated heterocycles. The Morgan fingerprint density at radius 3 is 2.53 bits per heavy atom. The zero-order valence-corrected chi connectivity index (χ0v) is 29.4. The van der Waals surface area contributed by atoms with Crippen LogP contribution in [0.4, 0.5) is 16.3 Å². The fraction of sp³-hybridized carbons (Fsp3) is 0.405. The van der Waals surface area contributed by atoms with Crippen LogP contribution in [0, 0.1) is 0 Å². The molecule has 1 aromatic heterocycles. The van der Waals surface area contributed by atoms with E-state index < -0.39 is 35.6 Å². The summed E-state index contributed by atoms with van der Waals surface area (Å²) in [5, 5.41) is 5.44. The molecular weight excluding hydrogens is 682 g/mol. The smallest absolute Gasteiger partial charge is 0.320 e. The number of piperidine rings is 2. The molecule has 16 nitrogen and oxygen atoms in total. The minimum atomic E-state index is -1.01. The molecule has 5 heterocycles. The molecule has 4 N–H and O–H groups in total. The summed E-state index contributed by atoms with van der Waals surface area (Å²) in [6.07, 6.45) is 4.56. The summed E-state index contributed by atoms with van der Waals surface area (Å²) in [7, 11) is 1.82. The van der Waals surface area contributed by atoms with Crippen molar-refractivity contribution in [1.29, 1.82) is 0 Å². The second kappa shape index (κ2) is 14.9. The molecule has 3 aromatic rings. The molecule has 2 atom stereocenters. The Balaban J connectivity index is 0.905. The number of carbonyl (C=O) groups is 6. The lowest BCUT2D eigenvalue weighted by atomic mass is 10.0. The van der Waals surface area contributed by atoms with Crippen molar-refractivity contribution in [2.75, 3.05) is 56.6 Å². The van der Waals surface area contributed by atoms with Crippen molar-refractivity contribution in [3.05, 3.63) is 76.7 Å². The van der Waals surface area contributed by atoms with E-state index in [4.69, 9.17) is 15.5 Å². The number of anilines is 2. The van der Waals surface area contributed by atoms with E-state index >= 15 is 0 Å². The van der Waals surface area contributed by atoms with Crippen LogP contribution in [0.25, 0.3) is 0 Å². The quantitative estimate of drug-likeness (QED) is 0.182. The first kappa shape index (κ1) is 35.3. The maximum Gasteiger partial charge on any atom is 0.320 e. The second-order valence-corrected chi connectivity index (χ2v) is 13.7. The molecule has 0 spiro atoms. The Labute approximate surface area is 305 Å². The number of imide groups is 2. The van der Waals surface area contributed by atoms with E-state index in [1.165, 1.54) is 0 Å². The monoisotopic (exact) mass is 723 g/mol. The average molecular weight is 724 g/mol. The van der Waals surface area contributed by atoms with Crippen LogP contribution in [0.15, 0.2) is 48.7 Å². The standard InChI is InChI=1S/C37H41N9O7/c1-43-15-16-45(37(43)52)24-4-2-14-44(21-24)30-20-40-32(33(38)48)28(41-30)18-22-5-8-25(9-6-22)53-17-3-13-39-23-7-10-26-27(19-23)36(51)46(35(26)50)29-11-12-31(47)42-34(29)49/h5-10,19-20,24,29,39H,2-4,11-18,21H2,1H3,(H2,38,48)(H,42,47,49)/t24-,29?/m1/s1. The van der Waals surface area contributed by atoms with Gasteiger partial charge in [0.05, 0.1) is 35.7 Å². The molecular formula is C37H41N9O7. The second-order valence-electron chi connectivity index (χ2n) is 13.7. The van der Waals surface area contributed by atoms with Crippen LogP contribution >= 0.6 is 0 Å². The molecule has 4 aliphatic heterocycles. The lowest BCUT2D eigenvalue weighted by Gasteiger charge is -2.37. The van der Waals surface area contributed by atoms with E-state index in [0.29, 0.717) is 62.0 Å². The predicted molar refractivity (Wildman–Crippen MR) is 191 cm³/mol. The number of carbonyl (C=O) groups excluding carboxylic acids is 6. The number of likely N-dealkylation sites (N-methyl/N-ethyl adjacent to an activating group) is 1. The molecule has 1 unspecified atom stereocenters. The highest BCUT2D eigenvalue weighted by atomic mass is 16.5. The zero-order valence-electron chi connectivity index (χ0n) is 29.4. The maximum absolute atomic E-state index is 13.1. The third kappa shape index (κ3) is 7.34. The van der Waals surface area contributed by atoms with Crippen molar-refractivity contribution in [1.82, 2.24) is 30.0 Å². The number of nitrogens with one attached hydrogen (secondary N) is 2. The highest BCUT2D eigenvalue weighted by molar-refractivity contribution is 6.23. The summed E-state index contributed by atoms with van der Waals surface area (Å²) in [5.41, 5.74) is 8.26. The first-order valence-electron chi connectivity index (χ1n) is 17.8. The summed E-state index contributed by atoms with van der Waals surface area (Å²) in [6, 6.07) is 11.5. The number of nitrogens with two attached hydrogens (primary N) is 1. The number of hydrogen-bond acceptors (Lipinski definition) is 11. The summed E-state index contributed by atoms with van der Waals surface area (Å²) < 4.78 is 5.93. The van der Waals surface area contributed by atoms with Crippen molar-refractivity contribution in [2.45, 2.75) is 50.6 Å². The van der Waals surface area contributed by atoms with Gasteiger partial charge in [-0.15, -0.1) is 0 Å². The molecule has 16 heteroatoms. The summed E-state index contributed by atoms with van der Waals surface area (Å²) in [4.78, 5) is 90.7. The summed E-state index contributed by atoms with van der Waals surface area (Å²) in [5.74, 6) is -1.49. The lowest BCUT2D eigenvalue weighted by Crippen LogP contribution is -2.54. The highest BCUT2D eigenvalue weighted by Crippen LogP contribution is 2.30. The summed E-state index contributed by atoms with van der Waals surface area (Å²) >= 11 is 0. The molecule has 0 aliphatic carbocycles. The van der Waals surface area contributed by atoms with E-state index in [9.17, 15) is 28.8 Å². The Hall–Kier alpha value is -6.06. The number of aromatic nitrogens is 2. The van der Waals surface area contributed by atoms with Gasteiger partial charge in [0, 0.05) is 58.3 Å². The Morgan fingerprint density at radius 2 is 1.79 bits per heavy atom. The van der Waals surface area contributed by atoms with E-state index in [1.54, 1.807) is 29.3 Å². The number of ether oxygens (including phenoxy) is 1. The van der Waals surface area contributed by atoms with Gasteiger partial charge < -0.3 is 30.5 Å². The van der Waals surface area contributed by atoms with Crippen molar-refractivity contribution < 1.29 is 33.5 Å². The zero-order chi connectivity index (χ0) is 37.2. The molecule has 53 heavy (non-hydrogen) atoms. The number of amides is 7. The van der Waals surface area contributed by atoms with Gasteiger partial charge >= 0.3 is 6.03 Å². The van der Waals surface area contributed by atoms with Crippen molar-refractivity contribution >= 4 is 47.1 Å². The van der Waals surface area contributed by atoms with Gasteiger partial charge in [0.1, 0.15) is 23.3 Å². The van der Waals surface area contributed by atoms with Gasteiger partial charge in [0.25, 0.3) is 17.7 Å². The summed E-state index contributed by atoms with van der Waals surface area (Å²) in [6.45, 7) is 3.79. The van der Waals surface area contributed by atoms with Gasteiger partial charge in [0.2, 0.25) is 11.8 Å². The normalized spacial score (nSPS) is 20.2. The molecule has 0 radical (unpaired) electrons. The van der Waals surface area contributed by atoms with Gasteiger partial charge in [-0.1, -0.05) is 12.1 Å². The molecule has 2 aromatic carbocycles. The number of benzene rings is 2. The van der Waals surface area contributed by atoms with E-state index in [0.717, 1.165) is 36.4 Å². The van der Waals surface area contributed by atoms with E-state index in [-0.39, 0.29) is 41.7 Å². The molecule has 7 amide bonds. The Kier molecular flexibility index (Phi) is 9.93. The molecule has 3 fully saturated rings. The minimum Gasteiger partial charge on any atom is -0.494 e. The fourth-order valence-electron chi connectivity index (χ4n) is 7.30. The number of fused-ring (bicyclic) bond motifs is 1. The minimum absolute atomic E-state index is 0.0490. The van der Waals surface area contributed by atoms with Crippen molar-refractivity contribution in [3.63, 3.8) is 0 Å².